The van der Waals surface area contributed by atoms with Crippen molar-refractivity contribution < 1.29 is 9.59 Å². The third-order valence-electron chi connectivity index (χ3n) is 5.22. The Bertz CT molecular complexity index is 412. The van der Waals surface area contributed by atoms with Crippen LogP contribution in [0.25, 0.3) is 0 Å². The highest BCUT2D eigenvalue weighted by Gasteiger charge is 2.57. The molecule has 2 saturated carbocycles. The van der Waals surface area contributed by atoms with Crippen LogP contribution in [-0.4, -0.2) is 34.3 Å². The Labute approximate surface area is 114 Å². The van der Waals surface area contributed by atoms with Crippen molar-refractivity contribution in [1.29, 1.82) is 0 Å². The van der Waals surface area contributed by atoms with E-state index in [0.29, 0.717) is 18.3 Å². The normalized spacial score (nSPS) is 42.9. The molecule has 2 amide bonds. The van der Waals surface area contributed by atoms with Crippen molar-refractivity contribution in [2.45, 2.75) is 70.5 Å². The minimum Gasteiger partial charge on any atom is -0.340 e. The molecule has 0 aromatic heterocycles. The van der Waals surface area contributed by atoms with Crippen molar-refractivity contribution in [3.8, 4) is 0 Å². The van der Waals surface area contributed by atoms with Gasteiger partial charge < -0.3 is 10.2 Å². The van der Waals surface area contributed by atoms with Crippen LogP contribution in [0.4, 0.5) is 0 Å². The first-order valence-corrected chi connectivity index (χ1v) is 7.62. The first kappa shape index (κ1) is 12.9. The lowest BCUT2D eigenvalue weighted by atomic mass is 9.77. The lowest BCUT2D eigenvalue weighted by Gasteiger charge is -2.51. The van der Waals surface area contributed by atoms with E-state index in [1.165, 1.54) is 0 Å². The molecule has 19 heavy (non-hydrogen) atoms. The molecular formula is C15H24N2O2. The van der Waals surface area contributed by atoms with Crippen LogP contribution in [0.2, 0.25) is 0 Å². The van der Waals surface area contributed by atoms with Gasteiger partial charge in [0.05, 0.1) is 0 Å². The SMILES string of the molecule is CCC1C(=O)NC(C)(C2CC2)C(=O)N1C1CC(C)C1. The van der Waals surface area contributed by atoms with E-state index in [9.17, 15) is 9.59 Å². The van der Waals surface area contributed by atoms with Crippen molar-refractivity contribution in [2.75, 3.05) is 0 Å². The van der Waals surface area contributed by atoms with Crippen LogP contribution in [0.1, 0.15) is 52.9 Å². The zero-order valence-corrected chi connectivity index (χ0v) is 12.1. The van der Waals surface area contributed by atoms with Gasteiger partial charge in [-0.15, -0.1) is 0 Å². The van der Waals surface area contributed by atoms with E-state index in [1.54, 1.807) is 0 Å². The molecule has 2 atom stereocenters. The minimum absolute atomic E-state index is 0.0519. The van der Waals surface area contributed by atoms with Gasteiger partial charge in [-0.3, -0.25) is 9.59 Å². The van der Waals surface area contributed by atoms with Gasteiger partial charge in [0, 0.05) is 6.04 Å². The van der Waals surface area contributed by atoms with Crippen molar-refractivity contribution in [2.24, 2.45) is 11.8 Å². The summed E-state index contributed by atoms with van der Waals surface area (Å²) >= 11 is 0. The molecule has 0 spiro atoms. The van der Waals surface area contributed by atoms with Gasteiger partial charge in [0.15, 0.2) is 0 Å². The maximum atomic E-state index is 12.9. The van der Waals surface area contributed by atoms with Crippen LogP contribution in [0.15, 0.2) is 0 Å². The number of carbonyl (C=O) groups is 2. The summed E-state index contributed by atoms with van der Waals surface area (Å²) in [6.07, 6.45) is 4.94. The third-order valence-corrected chi connectivity index (χ3v) is 5.22. The zero-order chi connectivity index (χ0) is 13.8. The molecule has 106 valence electrons. The van der Waals surface area contributed by atoms with Gasteiger partial charge in [0.25, 0.3) is 0 Å². The van der Waals surface area contributed by atoms with Gasteiger partial charge in [0.2, 0.25) is 11.8 Å². The van der Waals surface area contributed by atoms with Crippen LogP contribution >= 0.6 is 0 Å². The third kappa shape index (κ3) is 1.87. The molecule has 4 heteroatoms. The molecule has 2 aliphatic carbocycles. The number of amides is 2. The maximum absolute atomic E-state index is 12.9. The predicted octanol–water partition coefficient (Wildman–Crippen LogP) is 1.69. The number of hydrogen-bond acceptors (Lipinski definition) is 2. The molecule has 1 aliphatic heterocycles. The molecule has 3 aliphatic rings. The number of nitrogens with one attached hydrogen (secondary N) is 1. The Kier molecular flexibility index (Phi) is 2.88. The van der Waals surface area contributed by atoms with E-state index in [1.807, 2.05) is 18.7 Å². The van der Waals surface area contributed by atoms with E-state index in [-0.39, 0.29) is 23.9 Å². The average Bonchev–Trinajstić information content (AvgIpc) is 3.14. The Morgan fingerprint density at radius 2 is 1.95 bits per heavy atom. The number of piperazine rings is 1. The minimum atomic E-state index is -0.637. The molecule has 0 radical (unpaired) electrons. The summed E-state index contributed by atoms with van der Waals surface area (Å²) in [5.41, 5.74) is -0.637. The number of carbonyl (C=O) groups excluding carboxylic acids is 2. The van der Waals surface area contributed by atoms with Gasteiger partial charge in [0.1, 0.15) is 11.6 Å². The van der Waals surface area contributed by atoms with Crippen LogP contribution in [0.3, 0.4) is 0 Å². The zero-order valence-electron chi connectivity index (χ0n) is 12.1. The summed E-state index contributed by atoms with van der Waals surface area (Å²) in [6.45, 7) is 6.13. The Hall–Kier alpha value is -1.06. The number of nitrogens with zero attached hydrogens (tertiary/aromatic N) is 1. The van der Waals surface area contributed by atoms with Crippen LogP contribution in [0.5, 0.6) is 0 Å². The van der Waals surface area contributed by atoms with Gasteiger partial charge in [-0.05, 0) is 50.9 Å². The second-order valence-corrected chi connectivity index (χ2v) is 6.83. The standard InChI is InChI=1S/C15H24N2O2/c1-4-12-13(18)16-15(3,10-5-6-10)14(19)17(12)11-7-9(2)8-11/h9-12H,4-8H2,1-3H3,(H,16,18). The lowest BCUT2D eigenvalue weighted by molar-refractivity contribution is -0.161. The highest BCUT2D eigenvalue weighted by molar-refractivity contribution is 6.00. The predicted molar refractivity (Wildman–Crippen MR) is 72.4 cm³/mol. The highest BCUT2D eigenvalue weighted by Crippen LogP contribution is 2.44. The molecule has 1 N–H and O–H groups in total. The van der Waals surface area contributed by atoms with E-state index < -0.39 is 5.54 Å². The first-order chi connectivity index (χ1) is 8.97. The lowest BCUT2D eigenvalue weighted by Crippen LogP contribution is -2.72. The second kappa shape index (κ2) is 4.22. The summed E-state index contributed by atoms with van der Waals surface area (Å²) < 4.78 is 0. The first-order valence-electron chi connectivity index (χ1n) is 7.62. The smallest absolute Gasteiger partial charge is 0.249 e. The van der Waals surface area contributed by atoms with Crippen LogP contribution in [0, 0.1) is 11.8 Å². The molecule has 4 nitrogen and oxygen atoms in total. The topological polar surface area (TPSA) is 49.4 Å². The van der Waals surface area contributed by atoms with E-state index in [2.05, 4.69) is 12.2 Å². The van der Waals surface area contributed by atoms with Crippen molar-refractivity contribution in [1.82, 2.24) is 10.2 Å². The summed E-state index contributed by atoms with van der Waals surface area (Å²) in [5, 5.41) is 3.02. The quantitative estimate of drug-likeness (QED) is 0.843. The molecule has 3 rings (SSSR count). The fourth-order valence-corrected chi connectivity index (χ4v) is 3.76. The van der Waals surface area contributed by atoms with Crippen molar-refractivity contribution >= 4 is 11.8 Å². The van der Waals surface area contributed by atoms with Gasteiger partial charge >= 0.3 is 0 Å². The van der Waals surface area contributed by atoms with Crippen molar-refractivity contribution in [3.05, 3.63) is 0 Å². The Morgan fingerprint density at radius 1 is 1.32 bits per heavy atom. The number of hydrogen-bond donors (Lipinski definition) is 1. The molecule has 3 fully saturated rings. The molecular weight excluding hydrogens is 240 g/mol. The highest BCUT2D eigenvalue weighted by atomic mass is 16.2. The molecule has 0 aromatic carbocycles. The summed E-state index contributed by atoms with van der Waals surface area (Å²) in [4.78, 5) is 27.2. The summed E-state index contributed by atoms with van der Waals surface area (Å²) in [7, 11) is 0. The van der Waals surface area contributed by atoms with Gasteiger partial charge in [-0.1, -0.05) is 13.8 Å². The largest absolute Gasteiger partial charge is 0.340 e. The molecule has 1 heterocycles. The Morgan fingerprint density at radius 3 is 2.42 bits per heavy atom. The Balaban J connectivity index is 1.87. The van der Waals surface area contributed by atoms with Crippen LogP contribution in [-0.2, 0) is 9.59 Å². The summed E-state index contributed by atoms with van der Waals surface area (Å²) in [6, 6.07) is 0.0356. The van der Waals surface area contributed by atoms with E-state index >= 15 is 0 Å². The molecule has 0 bridgehead atoms. The molecule has 0 aromatic rings. The molecule has 2 unspecified atom stereocenters. The summed E-state index contributed by atoms with van der Waals surface area (Å²) in [5.74, 6) is 1.25. The fraction of sp³-hybridized carbons (Fsp3) is 0.867. The van der Waals surface area contributed by atoms with Gasteiger partial charge in [-0.2, -0.15) is 0 Å². The molecule has 1 saturated heterocycles. The maximum Gasteiger partial charge on any atom is 0.249 e. The van der Waals surface area contributed by atoms with Crippen molar-refractivity contribution in [3.63, 3.8) is 0 Å². The van der Waals surface area contributed by atoms with Crippen LogP contribution < -0.4 is 5.32 Å². The van der Waals surface area contributed by atoms with Gasteiger partial charge in [-0.25, -0.2) is 0 Å². The second-order valence-electron chi connectivity index (χ2n) is 6.83. The average molecular weight is 264 g/mol. The number of rotatable bonds is 3. The van der Waals surface area contributed by atoms with E-state index in [4.69, 9.17) is 0 Å². The fourth-order valence-electron chi connectivity index (χ4n) is 3.76. The monoisotopic (exact) mass is 264 g/mol. The van der Waals surface area contributed by atoms with E-state index in [0.717, 1.165) is 25.7 Å².